The lowest BCUT2D eigenvalue weighted by Crippen LogP contribution is -2.23. The Labute approximate surface area is 177 Å². The fourth-order valence-electron chi connectivity index (χ4n) is 3.71. The third-order valence-corrected chi connectivity index (χ3v) is 5.42. The van der Waals surface area contributed by atoms with E-state index in [1.807, 2.05) is 55.5 Å². The lowest BCUT2D eigenvalue weighted by Gasteiger charge is -2.14. The van der Waals surface area contributed by atoms with Crippen LogP contribution in [0.15, 0.2) is 71.5 Å². The van der Waals surface area contributed by atoms with Gasteiger partial charge in [0.25, 0.3) is 5.56 Å². The Morgan fingerprint density at radius 2 is 1.63 bits per heavy atom. The molecule has 0 aliphatic carbocycles. The molecule has 4 rings (SSSR count). The van der Waals surface area contributed by atoms with E-state index in [0.29, 0.717) is 22.6 Å². The van der Waals surface area contributed by atoms with E-state index in [2.05, 4.69) is 51.1 Å². The normalized spacial score (nSPS) is 11.6. The molecule has 0 saturated heterocycles. The molecule has 150 valence electrons. The minimum Gasteiger partial charge on any atom is -0.268 e. The summed E-state index contributed by atoms with van der Waals surface area (Å²) >= 11 is 0. The highest BCUT2D eigenvalue weighted by molar-refractivity contribution is 5.80. The first-order chi connectivity index (χ1) is 14.4. The number of aryl methyl sites for hydroxylation is 2. The van der Waals surface area contributed by atoms with Crippen molar-refractivity contribution in [3.05, 3.63) is 105 Å². The molecule has 0 spiro atoms. The zero-order valence-electron chi connectivity index (χ0n) is 17.9. The Kier molecular flexibility index (Phi) is 5.37. The highest BCUT2D eigenvalue weighted by atomic mass is 16.1. The van der Waals surface area contributed by atoms with Crippen LogP contribution in [0.3, 0.4) is 0 Å². The summed E-state index contributed by atoms with van der Waals surface area (Å²) in [6.45, 7) is 8.46. The molecule has 1 aromatic heterocycles. The molecule has 3 aromatic carbocycles. The summed E-state index contributed by atoms with van der Waals surface area (Å²) in [7, 11) is 0. The molecule has 1 heterocycles. The van der Waals surface area contributed by atoms with Gasteiger partial charge in [-0.3, -0.25) is 9.36 Å². The first-order valence-electron chi connectivity index (χ1n) is 10.3. The molecule has 4 aromatic rings. The number of fused-ring (bicyclic) bond motifs is 1. The lowest BCUT2D eigenvalue weighted by molar-refractivity contribution is 0.866. The number of para-hydroxylation sites is 1. The fraction of sp³-hybridized carbons (Fsp3) is 0.185. The van der Waals surface area contributed by atoms with Crippen LogP contribution in [-0.4, -0.2) is 9.55 Å². The highest BCUT2D eigenvalue weighted by Gasteiger charge is 2.12. The van der Waals surface area contributed by atoms with Crippen molar-refractivity contribution in [1.82, 2.24) is 9.55 Å². The first-order valence-corrected chi connectivity index (χ1v) is 10.3. The Morgan fingerprint density at radius 1 is 0.900 bits per heavy atom. The summed E-state index contributed by atoms with van der Waals surface area (Å²) in [6.07, 6.45) is 3.94. The number of aromatic nitrogens is 2. The number of hydrogen-bond acceptors (Lipinski definition) is 2. The molecule has 0 bridgehead atoms. The molecule has 0 amide bonds. The Balaban J connectivity index is 1.88. The zero-order chi connectivity index (χ0) is 21.3. The van der Waals surface area contributed by atoms with Crippen molar-refractivity contribution in [2.45, 2.75) is 33.6 Å². The molecule has 0 radical (unpaired) electrons. The van der Waals surface area contributed by atoms with Crippen LogP contribution >= 0.6 is 0 Å². The van der Waals surface area contributed by atoms with Crippen molar-refractivity contribution in [2.24, 2.45) is 0 Å². The summed E-state index contributed by atoms with van der Waals surface area (Å²) < 4.78 is 1.72. The molecule has 0 aliphatic rings. The summed E-state index contributed by atoms with van der Waals surface area (Å²) in [4.78, 5) is 18.2. The topological polar surface area (TPSA) is 34.9 Å². The van der Waals surface area contributed by atoms with Crippen molar-refractivity contribution in [1.29, 1.82) is 0 Å². The smallest absolute Gasteiger partial charge is 0.266 e. The Hall–Kier alpha value is -3.46. The quantitative estimate of drug-likeness (QED) is 0.407. The third-order valence-electron chi connectivity index (χ3n) is 5.42. The van der Waals surface area contributed by atoms with Gasteiger partial charge in [-0.25, -0.2) is 4.98 Å². The summed E-state index contributed by atoms with van der Waals surface area (Å²) in [5.74, 6) is 1.12. The van der Waals surface area contributed by atoms with Gasteiger partial charge < -0.3 is 0 Å². The van der Waals surface area contributed by atoms with Crippen molar-refractivity contribution in [3.63, 3.8) is 0 Å². The molecule has 0 N–H and O–H groups in total. The largest absolute Gasteiger partial charge is 0.268 e. The third kappa shape index (κ3) is 3.84. The number of hydrogen-bond donors (Lipinski definition) is 0. The van der Waals surface area contributed by atoms with Crippen LogP contribution < -0.4 is 5.56 Å². The van der Waals surface area contributed by atoms with E-state index in [4.69, 9.17) is 4.98 Å². The predicted molar refractivity (Wildman–Crippen MR) is 126 cm³/mol. The first kappa shape index (κ1) is 19.8. The van der Waals surface area contributed by atoms with E-state index in [1.54, 1.807) is 4.57 Å². The fourth-order valence-corrected chi connectivity index (χ4v) is 3.71. The predicted octanol–water partition coefficient (Wildman–Crippen LogP) is 6.30. The Morgan fingerprint density at radius 3 is 2.33 bits per heavy atom. The van der Waals surface area contributed by atoms with Crippen molar-refractivity contribution in [3.8, 4) is 5.69 Å². The van der Waals surface area contributed by atoms with Gasteiger partial charge in [-0.05, 0) is 60.7 Å². The van der Waals surface area contributed by atoms with Crippen LogP contribution in [0.2, 0.25) is 0 Å². The van der Waals surface area contributed by atoms with Crippen LogP contribution in [0.5, 0.6) is 0 Å². The van der Waals surface area contributed by atoms with E-state index in [0.717, 1.165) is 16.8 Å². The zero-order valence-corrected chi connectivity index (χ0v) is 17.9. The van der Waals surface area contributed by atoms with Crippen LogP contribution in [0, 0.1) is 13.8 Å². The number of rotatable bonds is 4. The average Bonchev–Trinajstić information content (AvgIpc) is 2.73. The van der Waals surface area contributed by atoms with Gasteiger partial charge in [-0.2, -0.15) is 0 Å². The number of nitrogens with zero attached hydrogens (tertiary/aromatic N) is 2. The lowest BCUT2D eigenvalue weighted by atomic mass is 10.0. The molecule has 0 unspecified atom stereocenters. The summed E-state index contributed by atoms with van der Waals surface area (Å²) in [5, 5.41) is 0.621. The highest BCUT2D eigenvalue weighted by Crippen LogP contribution is 2.20. The molecule has 3 nitrogen and oxygen atoms in total. The van der Waals surface area contributed by atoms with Gasteiger partial charge >= 0.3 is 0 Å². The molecule has 0 atom stereocenters. The van der Waals surface area contributed by atoms with Gasteiger partial charge in [0.15, 0.2) is 0 Å². The van der Waals surface area contributed by atoms with Crippen molar-refractivity contribution in [2.75, 3.05) is 0 Å². The van der Waals surface area contributed by atoms with E-state index in [1.165, 1.54) is 11.1 Å². The van der Waals surface area contributed by atoms with E-state index in [-0.39, 0.29) is 5.56 Å². The standard InChI is InChI=1S/C27H26N2O/c1-18(2)22-13-10-21(11-14-22)12-16-26-28-24-8-6-5-7-23(24)27(30)29(26)25-15-9-19(3)17-20(25)4/h5-18H,1-4H3. The summed E-state index contributed by atoms with van der Waals surface area (Å²) in [6, 6.07) is 22.1. The maximum atomic E-state index is 13.4. The van der Waals surface area contributed by atoms with Gasteiger partial charge in [0.2, 0.25) is 0 Å². The van der Waals surface area contributed by atoms with Gasteiger partial charge in [-0.1, -0.05) is 74.0 Å². The van der Waals surface area contributed by atoms with Gasteiger partial charge in [-0.15, -0.1) is 0 Å². The molecule has 3 heteroatoms. The van der Waals surface area contributed by atoms with Crippen LogP contribution in [0.4, 0.5) is 0 Å². The average molecular weight is 395 g/mol. The van der Waals surface area contributed by atoms with Crippen LogP contribution in [-0.2, 0) is 0 Å². The second-order valence-corrected chi connectivity index (χ2v) is 8.07. The molecule has 0 saturated carbocycles. The van der Waals surface area contributed by atoms with Crippen molar-refractivity contribution < 1.29 is 0 Å². The molecule has 30 heavy (non-hydrogen) atoms. The monoisotopic (exact) mass is 394 g/mol. The minimum absolute atomic E-state index is 0.0534. The maximum absolute atomic E-state index is 13.4. The van der Waals surface area contributed by atoms with E-state index in [9.17, 15) is 4.79 Å². The molecule has 0 aliphatic heterocycles. The Bertz CT molecular complexity index is 1290. The van der Waals surface area contributed by atoms with Crippen molar-refractivity contribution >= 4 is 23.1 Å². The van der Waals surface area contributed by atoms with Gasteiger partial charge in [0.1, 0.15) is 5.82 Å². The number of benzene rings is 3. The van der Waals surface area contributed by atoms with Gasteiger partial charge in [0.05, 0.1) is 16.6 Å². The summed E-state index contributed by atoms with van der Waals surface area (Å²) in [5.41, 5.74) is 6.11. The van der Waals surface area contributed by atoms with Crippen LogP contribution in [0.1, 0.15) is 47.8 Å². The minimum atomic E-state index is -0.0534. The molecular weight excluding hydrogens is 368 g/mol. The second-order valence-electron chi connectivity index (χ2n) is 8.07. The van der Waals surface area contributed by atoms with E-state index < -0.39 is 0 Å². The van der Waals surface area contributed by atoms with Crippen LogP contribution in [0.25, 0.3) is 28.7 Å². The SMILES string of the molecule is Cc1ccc(-n2c(C=Cc3ccc(C(C)C)cc3)nc3ccccc3c2=O)c(C)c1. The second kappa shape index (κ2) is 8.11. The maximum Gasteiger partial charge on any atom is 0.266 e. The van der Waals surface area contributed by atoms with Gasteiger partial charge in [0, 0.05) is 0 Å². The van der Waals surface area contributed by atoms with E-state index >= 15 is 0 Å². The molecular formula is C27H26N2O. The molecule has 0 fully saturated rings.